The molecule has 0 fully saturated rings. The number of nitrogens with zero attached hydrogens (tertiary/aromatic N) is 1. The molecule has 0 N–H and O–H groups in total. The summed E-state index contributed by atoms with van der Waals surface area (Å²) in [4.78, 5) is 14.9. The van der Waals surface area contributed by atoms with Crippen LogP contribution >= 0.6 is 11.3 Å². The SMILES string of the molecule is COc1ccc(-c2ccc(-c3csc(C=O)n3)cc2)cc1. The zero-order valence-electron chi connectivity index (χ0n) is 11.4. The van der Waals surface area contributed by atoms with E-state index in [1.807, 2.05) is 41.8 Å². The lowest BCUT2D eigenvalue weighted by Gasteiger charge is -2.04. The summed E-state index contributed by atoms with van der Waals surface area (Å²) in [5.74, 6) is 0.847. The van der Waals surface area contributed by atoms with Gasteiger partial charge in [0.1, 0.15) is 5.75 Å². The number of aromatic nitrogens is 1. The van der Waals surface area contributed by atoms with Gasteiger partial charge in [0.15, 0.2) is 11.3 Å². The van der Waals surface area contributed by atoms with Gasteiger partial charge in [-0.15, -0.1) is 11.3 Å². The minimum Gasteiger partial charge on any atom is -0.497 e. The molecule has 104 valence electrons. The Morgan fingerprint density at radius 1 is 0.952 bits per heavy atom. The highest BCUT2D eigenvalue weighted by Crippen LogP contribution is 2.26. The highest BCUT2D eigenvalue weighted by Gasteiger charge is 2.04. The van der Waals surface area contributed by atoms with Crippen LogP contribution in [-0.4, -0.2) is 18.4 Å². The van der Waals surface area contributed by atoms with Gasteiger partial charge in [0.05, 0.1) is 12.8 Å². The smallest absolute Gasteiger partial charge is 0.178 e. The molecule has 3 aromatic rings. The summed E-state index contributed by atoms with van der Waals surface area (Å²) in [5, 5.41) is 2.40. The van der Waals surface area contributed by atoms with Crippen molar-refractivity contribution in [3.8, 4) is 28.1 Å². The molecule has 21 heavy (non-hydrogen) atoms. The lowest BCUT2D eigenvalue weighted by Crippen LogP contribution is -1.84. The minimum absolute atomic E-state index is 0.504. The van der Waals surface area contributed by atoms with Crippen LogP contribution in [0.25, 0.3) is 22.4 Å². The number of aldehydes is 1. The van der Waals surface area contributed by atoms with Crippen LogP contribution in [0, 0.1) is 0 Å². The van der Waals surface area contributed by atoms with Gasteiger partial charge in [0, 0.05) is 10.9 Å². The molecule has 0 aliphatic heterocycles. The van der Waals surface area contributed by atoms with Crippen molar-refractivity contribution in [1.29, 1.82) is 0 Å². The summed E-state index contributed by atoms with van der Waals surface area (Å²) in [5.41, 5.74) is 4.11. The van der Waals surface area contributed by atoms with Gasteiger partial charge in [0.2, 0.25) is 0 Å². The molecule has 1 aromatic heterocycles. The Labute approximate surface area is 126 Å². The van der Waals surface area contributed by atoms with Crippen LogP contribution in [0.2, 0.25) is 0 Å². The molecule has 2 aromatic carbocycles. The molecule has 0 atom stereocenters. The molecule has 1 heterocycles. The van der Waals surface area contributed by atoms with Crippen LogP contribution in [0.4, 0.5) is 0 Å². The molecular formula is C17H13NO2S. The van der Waals surface area contributed by atoms with Gasteiger partial charge in [-0.2, -0.15) is 0 Å². The molecular weight excluding hydrogens is 282 g/mol. The molecule has 0 saturated heterocycles. The summed E-state index contributed by atoms with van der Waals surface area (Å²) in [7, 11) is 1.66. The molecule has 0 bridgehead atoms. The van der Waals surface area contributed by atoms with E-state index in [0.29, 0.717) is 5.01 Å². The van der Waals surface area contributed by atoms with Crippen molar-refractivity contribution in [2.24, 2.45) is 0 Å². The molecule has 0 aliphatic rings. The Kier molecular flexibility index (Phi) is 3.79. The van der Waals surface area contributed by atoms with Crippen LogP contribution in [0.15, 0.2) is 53.9 Å². The molecule has 0 amide bonds. The highest BCUT2D eigenvalue weighted by molar-refractivity contribution is 7.11. The first kappa shape index (κ1) is 13.5. The zero-order valence-corrected chi connectivity index (χ0v) is 12.3. The van der Waals surface area contributed by atoms with Crippen LogP contribution in [0.3, 0.4) is 0 Å². The number of rotatable bonds is 4. The number of carbonyl (C=O) groups is 1. The van der Waals surface area contributed by atoms with Crippen molar-refractivity contribution in [3.63, 3.8) is 0 Å². The van der Waals surface area contributed by atoms with Crippen molar-refractivity contribution in [2.45, 2.75) is 0 Å². The summed E-state index contributed by atoms with van der Waals surface area (Å²) in [6.07, 6.45) is 0.778. The van der Waals surface area contributed by atoms with E-state index < -0.39 is 0 Å². The van der Waals surface area contributed by atoms with E-state index >= 15 is 0 Å². The third-order valence-corrected chi connectivity index (χ3v) is 4.00. The second kappa shape index (κ2) is 5.89. The second-order valence-corrected chi connectivity index (χ2v) is 5.38. The normalized spacial score (nSPS) is 10.3. The van der Waals surface area contributed by atoms with Crippen LogP contribution in [0.1, 0.15) is 9.80 Å². The van der Waals surface area contributed by atoms with Crippen molar-refractivity contribution >= 4 is 17.6 Å². The lowest BCUT2D eigenvalue weighted by molar-refractivity contribution is 0.112. The maximum absolute atomic E-state index is 10.7. The number of methoxy groups -OCH3 is 1. The Bertz CT molecular complexity index is 745. The molecule has 0 unspecified atom stereocenters. The van der Waals surface area contributed by atoms with Gasteiger partial charge >= 0.3 is 0 Å². The van der Waals surface area contributed by atoms with E-state index in [1.54, 1.807) is 7.11 Å². The third kappa shape index (κ3) is 2.85. The van der Waals surface area contributed by atoms with E-state index in [4.69, 9.17) is 4.74 Å². The number of thiazole rings is 1. The highest BCUT2D eigenvalue weighted by atomic mass is 32.1. The van der Waals surface area contributed by atoms with E-state index in [-0.39, 0.29) is 0 Å². The Morgan fingerprint density at radius 3 is 2.05 bits per heavy atom. The first-order valence-electron chi connectivity index (χ1n) is 6.46. The molecule has 4 heteroatoms. The Morgan fingerprint density at radius 2 is 1.52 bits per heavy atom. The fourth-order valence-electron chi connectivity index (χ4n) is 2.09. The predicted molar refractivity (Wildman–Crippen MR) is 84.9 cm³/mol. The molecule has 0 aliphatic carbocycles. The first-order chi connectivity index (χ1) is 10.3. The number of hydrogen-bond donors (Lipinski definition) is 0. The number of carbonyl (C=O) groups excluding carboxylic acids is 1. The van der Waals surface area contributed by atoms with Gasteiger partial charge in [-0.25, -0.2) is 4.98 Å². The topological polar surface area (TPSA) is 39.2 Å². The van der Waals surface area contributed by atoms with Gasteiger partial charge in [-0.05, 0) is 23.3 Å². The summed E-state index contributed by atoms with van der Waals surface area (Å²) >= 11 is 1.36. The van der Waals surface area contributed by atoms with Gasteiger partial charge in [-0.1, -0.05) is 36.4 Å². The van der Waals surface area contributed by atoms with Gasteiger partial charge in [0.25, 0.3) is 0 Å². The van der Waals surface area contributed by atoms with Crippen LogP contribution in [0.5, 0.6) is 5.75 Å². The fourth-order valence-corrected chi connectivity index (χ4v) is 2.72. The summed E-state index contributed by atoms with van der Waals surface area (Å²) in [6, 6.07) is 16.1. The van der Waals surface area contributed by atoms with Crippen molar-refractivity contribution in [3.05, 3.63) is 58.9 Å². The fraction of sp³-hybridized carbons (Fsp3) is 0.0588. The van der Waals surface area contributed by atoms with E-state index in [0.717, 1.165) is 34.4 Å². The Hall–Kier alpha value is -2.46. The minimum atomic E-state index is 0.504. The van der Waals surface area contributed by atoms with Crippen LogP contribution in [-0.2, 0) is 0 Å². The molecule has 0 radical (unpaired) electrons. The van der Waals surface area contributed by atoms with Gasteiger partial charge < -0.3 is 4.74 Å². The third-order valence-electron chi connectivity index (χ3n) is 3.23. The zero-order chi connectivity index (χ0) is 14.7. The predicted octanol–water partition coefficient (Wildman–Crippen LogP) is 4.30. The number of benzene rings is 2. The first-order valence-corrected chi connectivity index (χ1v) is 7.33. The molecule has 0 saturated carbocycles. The Balaban J connectivity index is 1.87. The van der Waals surface area contributed by atoms with Crippen molar-refractivity contribution < 1.29 is 9.53 Å². The number of ether oxygens (including phenoxy) is 1. The maximum Gasteiger partial charge on any atom is 0.178 e. The summed E-state index contributed by atoms with van der Waals surface area (Å²) in [6.45, 7) is 0. The number of hydrogen-bond acceptors (Lipinski definition) is 4. The quantitative estimate of drug-likeness (QED) is 0.674. The average molecular weight is 295 g/mol. The van der Waals surface area contributed by atoms with Crippen molar-refractivity contribution in [1.82, 2.24) is 4.98 Å². The van der Waals surface area contributed by atoms with E-state index in [9.17, 15) is 4.79 Å². The summed E-state index contributed by atoms with van der Waals surface area (Å²) < 4.78 is 5.16. The van der Waals surface area contributed by atoms with Crippen LogP contribution < -0.4 is 4.74 Å². The second-order valence-electron chi connectivity index (χ2n) is 4.49. The lowest BCUT2D eigenvalue weighted by atomic mass is 10.0. The molecule has 0 spiro atoms. The monoisotopic (exact) mass is 295 g/mol. The van der Waals surface area contributed by atoms with Gasteiger partial charge in [-0.3, -0.25) is 4.79 Å². The molecule has 3 rings (SSSR count). The van der Waals surface area contributed by atoms with E-state index in [2.05, 4.69) is 17.1 Å². The molecule has 3 nitrogen and oxygen atoms in total. The maximum atomic E-state index is 10.7. The van der Waals surface area contributed by atoms with Crippen molar-refractivity contribution in [2.75, 3.05) is 7.11 Å². The average Bonchev–Trinajstić information content (AvgIpc) is 3.04. The largest absolute Gasteiger partial charge is 0.497 e. The van der Waals surface area contributed by atoms with E-state index in [1.165, 1.54) is 11.3 Å². The standard InChI is InChI=1S/C17H13NO2S/c1-20-15-8-6-13(7-9-15)12-2-4-14(5-3-12)16-11-21-17(10-19)18-16/h2-11H,1H3.